The fourth-order valence-corrected chi connectivity index (χ4v) is 6.74. The van der Waals surface area contributed by atoms with Crippen LogP contribution >= 0.6 is 0 Å². The minimum absolute atomic E-state index is 0.242. The highest BCUT2D eigenvalue weighted by Gasteiger charge is 2.26. The standard InChI is InChI=1S/C26H34O4.C24H26O4/c1-3-5-7-21-13-19(9-11-25(21)29-17-23-15-27-23)20-10-12-26(30-18-24-16-28-24)22(14-20)8-6-4-2;1-3-5-19-11-17(7-9-23(19)27-15-21-13-25-21)18-8-10-24(20(12-18)6-4-2)28-16-22-14-26-22/h9-14,23-24H,3-8,15-18H2,1-2H3;3-4,7-12,21-22H,1-2,5-6,13-16H2. The zero-order valence-corrected chi connectivity index (χ0v) is 34.4. The number of allylic oxidation sites excluding steroid dienone is 2. The van der Waals surface area contributed by atoms with Crippen molar-refractivity contribution in [2.24, 2.45) is 0 Å². The van der Waals surface area contributed by atoms with Gasteiger partial charge in [-0.25, -0.2) is 0 Å². The third kappa shape index (κ3) is 12.7. The largest absolute Gasteiger partial charge is 0.491 e. The molecular weight excluding hydrogens is 729 g/mol. The molecule has 4 heterocycles. The highest BCUT2D eigenvalue weighted by Crippen LogP contribution is 2.34. The van der Waals surface area contributed by atoms with E-state index in [9.17, 15) is 0 Å². The Bertz CT molecular complexity index is 1810. The molecule has 4 unspecified atom stereocenters. The van der Waals surface area contributed by atoms with E-state index in [4.69, 9.17) is 37.9 Å². The van der Waals surface area contributed by atoms with Crippen molar-refractivity contribution in [2.75, 3.05) is 52.9 Å². The van der Waals surface area contributed by atoms with Gasteiger partial charge in [-0.3, -0.25) is 0 Å². The molecule has 4 aliphatic rings. The summed E-state index contributed by atoms with van der Waals surface area (Å²) in [5.74, 6) is 3.79. The highest BCUT2D eigenvalue weighted by atomic mass is 16.6. The van der Waals surface area contributed by atoms with Crippen LogP contribution in [0, 0.1) is 0 Å². The average molecular weight is 789 g/mol. The van der Waals surface area contributed by atoms with E-state index in [0.717, 1.165) is 110 Å². The Morgan fingerprint density at radius 2 is 0.741 bits per heavy atom. The van der Waals surface area contributed by atoms with Crippen LogP contribution in [0.1, 0.15) is 61.8 Å². The van der Waals surface area contributed by atoms with E-state index in [-0.39, 0.29) is 24.4 Å². The molecule has 0 bridgehead atoms. The summed E-state index contributed by atoms with van der Waals surface area (Å²) in [6, 6.07) is 25.8. The van der Waals surface area contributed by atoms with Gasteiger partial charge >= 0.3 is 0 Å². The molecule has 4 atom stereocenters. The van der Waals surface area contributed by atoms with Crippen LogP contribution in [-0.2, 0) is 44.6 Å². The molecule has 0 aliphatic carbocycles. The minimum atomic E-state index is 0.242. The zero-order chi connectivity index (χ0) is 40.1. The van der Waals surface area contributed by atoms with Gasteiger partial charge in [-0.1, -0.05) is 63.1 Å². The molecule has 0 spiro atoms. The zero-order valence-electron chi connectivity index (χ0n) is 34.4. The number of ether oxygens (including phenoxy) is 8. The lowest BCUT2D eigenvalue weighted by Crippen LogP contribution is -2.06. The molecule has 0 radical (unpaired) electrons. The van der Waals surface area contributed by atoms with Crippen molar-refractivity contribution in [3.63, 3.8) is 0 Å². The van der Waals surface area contributed by atoms with E-state index in [0.29, 0.717) is 26.4 Å². The van der Waals surface area contributed by atoms with E-state index in [1.807, 2.05) is 24.3 Å². The number of hydrogen-bond acceptors (Lipinski definition) is 8. The van der Waals surface area contributed by atoms with E-state index >= 15 is 0 Å². The van der Waals surface area contributed by atoms with Crippen LogP contribution < -0.4 is 18.9 Å². The summed E-state index contributed by atoms with van der Waals surface area (Å²) in [5, 5.41) is 0. The van der Waals surface area contributed by atoms with E-state index in [2.05, 4.69) is 87.7 Å². The Morgan fingerprint density at radius 1 is 0.466 bits per heavy atom. The second kappa shape index (κ2) is 20.9. The van der Waals surface area contributed by atoms with Crippen LogP contribution in [0.2, 0.25) is 0 Å². The number of aryl methyl sites for hydroxylation is 2. The van der Waals surface area contributed by atoms with Gasteiger partial charge in [0.05, 0.1) is 26.4 Å². The Kier molecular flexibility index (Phi) is 15.0. The number of epoxide rings is 4. The van der Waals surface area contributed by atoms with Crippen LogP contribution in [0.4, 0.5) is 0 Å². The second-order valence-electron chi connectivity index (χ2n) is 15.5. The maximum atomic E-state index is 6.05. The number of hydrogen-bond donors (Lipinski definition) is 0. The van der Waals surface area contributed by atoms with E-state index in [1.54, 1.807) is 0 Å². The van der Waals surface area contributed by atoms with E-state index in [1.165, 1.54) is 35.1 Å². The first kappa shape index (κ1) is 41.6. The molecule has 58 heavy (non-hydrogen) atoms. The Morgan fingerprint density at radius 3 is 1.00 bits per heavy atom. The summed E-state index contributed by atoms with van der Waals surface area (Å²) in [6.45, 7) is 18.0. The van der Waals surface area contributed by atoms with Crippen molar-refractivity contribution in [1.29, 1.82) is 0 Å². The molecule has 4 aliphatic heterocycles. The monoisotopic (exact) mass is 788 g/mol. The molecule has 4 fully saturated rings. The smallest absolute Gasteiger partial charge is 0.122 e. The van der Waals surface area contributed by atoms with Crippen molar-refractivity contribution >= 4 is 0 Å². The topological polar surface area (TPSA) is 87.0 Å². The van der Waals surface area contributed by atoms with Gasteiger partial charge in [-0.2, -0.15) is 0 Å². The van der Waals surface area contributed by atoms with Gasteiger partial charge in [0.15, 0.2) is 0 Å². The van der Waals surface area contributed by atoms with Crippen LogP contribution in [0.3, 0.4) is 0 Å². The molecule has 308 valence electrons. The minimum Gasteiger partial charge on any atom is -0.491 e. The molecule has 0 saturated carbocycles. The first-order valence-corrected chi connectivity index (χ1v) is 21.2. The van der Waals surface area contributed by atoms with Crippen LogP contribution in [0.25, 0.3) is 22.3 Å². The summed E-state index contributed by atoms with van der Waals surface area (Å²) >= 11 is 0. The Labute approximate surface area is 345 Å². The molecule has 4 saturated heterocycles. The molecule has 8 heteroatoms. The van der Waals surface area contributed by atoms with Gasteiger partial charge < -0.3 is 37.9 Å². The summed E-state index contributed by atoms with van der Waals surface area (Å²) in [7, 11) is 0. The number of unbranched alkanes of at least 4 members (excludes halogenated alkanes) is 2. The van der Waals surface area contributed by atoms with Crippen LogP contribution in [-0.4, -0.2) is 77.3 Å². The molecule has 8 nitrogen and oxygen atoms in total. The normalized spacial score (nSPS) is 19.6. The van der Waals surface area contributed by atoms with Crippen molar-refractivity contribution in [1.82, 2.24) is 0 Å². The third-order valence-electron chi connectivity index (χ3n) is 10.5. The van der Waals surface area contributed by atoms with Gasteiger partial charge in [0.2, 0.25) is 0 Å². The quantitative estimate of drug-likeness (QED) is 0.0513. The van der Waals surface area contributed by atoms with Crippen molar-refractivity contribution in [3.05, 3.63) is 120 Å². The maximum Gasteiger partial charge on any atom is 0.122 e. The summed E-state index contributed by atoms with van der Waals surface area (Å²) in [6.07, 6.45) is 13.1. The summed E-state index contributed by atoms with van der Waals surface area (Å²) in [4.78, 5) is 0. The van der Waals surface area contributed by atoms with Crippen molar-refractivity contribution in [2.45, 2.75) is 89.6 Å². The lowest BCUT2D eigenvalue weighted by atomic mass is 9.96. The Hall–Kier alpha value is -4.60. The summed E-state index contributed by atoms with van der Waals surface area (Å²) in [5.41, 5.74) is 9.61. The van der Waals surface area contributed by atoms with Gasteiger partial charge in [-0.15, -0.1) is 13.2 Å². The molecule has 0 N–H and O–H groups in total. The van der Waals surface area contributed by atoms with Gasteiger partial charge in [0, 0.05) is 0 Å². The third-order valence-corrected chi connectivity index (χ3v) is 10.5. The molecule has 4 aromatic rings. The highest BCUT2D eigenvalue weighted by molar-refractivity contribution is 5.69. The molecule has 0 aromatic heterocycles. The maximum absolute atomic E-state index is 6.05. The lowest BCUT2D eigenvalue weighted by Gasteiger charge is -2.15. The molecule has 4 aromatic carbocycles. The van der Waals surface area contributed by atoms with Crippen LogP contribution in [0.5, 0.6) is 23.0 Å². The van der Waals surface area contributed by atoms with Gasteiger partial charge in [0.25, 0.3) is 0 Å². The SMILES string of the molecule is C=CCc1cc(-c2ccc(OCC3CO3)c(CC=C)c2)ccc1OCC1CO1.CCCCc1cc(-c2ccc(OCC3CO3)c(CCCC)c2)ccc1OCC1CO1. The molecule has 0 amide bonds. The van der Waals surface area contributed by atoms with E-state index < -0.39 is 0 Å². The molecular formula is C50H60O8. The van der Waals surface area contributed by atoms with Gasteiger partial charge in [-0.05, 0) is 132 Å². The number of rotatable bonds is 24. The second-order valence-corrected chi connectivity index (χ2v) is 15.5. The predicted molar refractivity (Wildman–Crippen MR) is 230 cm³/mol. The van der Waals surface area contributed by atoms with Crippen LogP contribution in [0.15, 0.2) is 98.1 Å². The fraction of sp³-hybridized carbons (Fsp3) is 0.440. The first-order chi connectivity index (χ1) is 28.5. The average Bonchev–Trinajstić information content (AvgIpc) is 4.04. The fourth-order valence-electron chi connectivity index (χ4n) is 6.74. The van der Waals surface area contributed by atoms with Crippen molar-refractivity contribution in [3.8, 4) is 45.3 Å². The number of benzene rings is 4. The summed E-state index contributed by atoms with van der Waals surface area (Å²) < 4.78 is 45.0. The Balaban J connectivity index is 0.000000177. The molecule has 8 rings (SSSR count). The first-order valence-electron chi connectivity index (χ1n) is 21.2. The van der Waals surface area contributed by atoms with Crippen molar-refractivity contribution < 1.29 is 37.9 Å². The lowest BCUT2D eigenvalue weighted by molar-refractivity contribution is 0.261. The van der Waals surface area contributed by atoms with Gasteiger partial charge in [0.1, 0.15) is 73.8 Å². The predicted octanol–water partition coefficient (Wildman–Crippen LogP) is 9.96.